The molecular weight excluding hydrogens is 391 g/mol. The van der Waals surface area contributed by atoms with E-state index in [1.807, 2.05) is 18.5 Å². The van der Waals surface area contributed by atoms with Gasteiger partial charge in [-0.2, -0.15) is 5.10 Å². The van der Waals surface area contributed by atoms with Crippen LogP contribution >= 0.6 is 31.9 Å². The Balaban J connectivity index is 2.32. The summed E-state index contributed by atoms with van der Waals surface area (Å²) in [5.41, 5.74) is 2.02. The molecule has 108 valence electrons. The molecule has 1 atom stereocenters. The van der Waals surface area contributed by atoms with Gasteiger partial charge in [-0.1, -0.05) is 15.9 Å². The number of rotatable bonds is 4. The number of aliphatic hydroxyl groups is 1. The first-order valence-electron chi connectivity index (χ1n) is 6.28. The van der Waals surface area contributed by atoms with Gasteiger partial charge in [0.1, 0.15) is 5.82 Å². The molecule has 20 heavy (non-hydrogen) atoms. The standard InChI is InChI=1S/C14H15Br2FN2O/c1-3-19-12(14(16)8(2)18-19)7-13(20)10-6-9(15)4-5-11(10)17/h4-6,13,20H,3,7H2,1-2H3. The van der Waals surface area contributed by atoms with Crippen molar-refractivity contribution in [3.05, 3.63) is 49.9 Å². The Bertz CT molecular complexity index is 628. The third-order valence-electron chi connectivity index (χ3n) is 3.16. The van der Waals surface area contributed by atoms with E-state index in [1.54, 1.807) is 12.1 Å². The smallest absolute Gasteiger partial charge is 0.129 e. The number of nitrogens with zero attached hydrogens (tertiary/aromatic N) is 2. The van der Waals surface area contributed by atoms with E-state index < -0.39 is 11.9 Å². The molecule has 0 radical (unpaired) electrons. The molecule has 6 heteroatoms. The van der Waals surface area contributed by atoms with Gasteiger partial charge in [0, 0.05) is 23.0 Å². The van der Waals surface area contributed by atoms with Crippen LogP contribution in [0.5, 0.6) is 0 Å². The van der Waals surface area contributed by atoms with Gasteiger partial charge in [-0.25, -0.2) is 4.39 Å². The molecule has 1 aromatic carbocycles. The van der Waals surface area contributed by atoms with E-state index >= 15 is 0 Å². The van der Waals surface area contributed by atoms with Gasteiger partial charge in [-0.3, -0.25) is 4.68 Å². The molecule has 3 nitrogen and oxygen atoms in total. The Labute approximate surface area is 134 Å². The van der Waals surface area contributed by atoms with Crippen molar-refractivity contribution < 1.29 is 9.50 Å². The maximum absolute atomic E-state index is 13.8. The van der Waals surface area contributed by atoms with E-state index in [0.29, 0.717) is 13.0 Å². The van der Waals surface area contributed by atoms with Crippen molar-refractivity contribution in [3.63, 3.8) is 0 Å². The number of benzene rings is 1. The van der Waals surface area contributed by atoms with E-state index in [2.05, 4.69) is 37.0 Å². The van der Waals surface area contributed by atoms with Gasteiger partial charge in [0.15, 0.2) is 0 Å². The molecule has 2 aromatic rings. The number of hydrogen-bond acceptors (Lipinski definition) is 2. The highest BCUT2D eigenvalue weighted by Gasteiger charge is 2.19. The molecule has 0 saturated carbocycles. The topological polar surface area (TPSA) is 38.0 Å². The van der Waals surface area contributed by atoms with E-state index in [4.69, 9.17) is 0 Å². The van der Waals surface area contributed by atoms with Crippen molar-refractivity contribution in [2.24, 2.45) is 0 Å². The van der Waals surface area contributed by atoms with Crippen LogP contribution in [-0.2, 0) is 13.0 Å². The second-order valence-corrected chi connectivity index (χ2v) is 6.26. The van der Waals surface area contributed by atoms with Crippen LogP contribution in [0, 0.1) is 12.7 Å². The summed E-state index contributed by atoms with van der Waals surface area (Å²) in [7, 11) is 0. The van der Waals surface area contributed by atoms with Crippen LogP contribution in [0.3, 0.4) is 0 Å². The zero-order chi connectivity index (χ0) is 14.9. The minimum Gasteiger partial charge on any atom is -0.388 e. The zero-order valence-electron chi connectivity index (χ0n) is 11.2. The number of aryl methyl sites for hydroxylation is 2. The predicted octanol–water partition coefficient (Wildman–Crippen LogP) is 4.15. The summed E-state index contributed by atoms with van der Waals surface area (Å²) in [6.45, 7) is 4.58. The summed E-state index contributed by atoms with van der Waals surface area (Å²) in [6, 6.07) is 4.56. The number of hydrogen-bond donors (Lipinski definition) is 1. The van der Waals surface area contributed by atoms with Gasteiger partial charge in [0.25, 0.3) is 0 Å². The molecular formula is C14H15Br2FN2O. The van der Waals surface area contributed by atoms with Gasteiger partial charge in [0.05, 0.1) is 22.0 Å². The lowest BCUT2D eigenvalue weighted by atomic mass is 10.0. The largest absolute Gasteiger partial charge is 0.388 e. The number of halogens is 3. The van der Waals surface area contributed by atoms with Crippen LogP contribution in [0.1, 0.15) is 30.0 Å². The number of aliphatic hydroxyl groups excluding tert-OH is 1. The van der Waals surface area contributed by atoms with E-state index in [9.17, 15) is 9.50 Å². The van der Waals surface area contributed by atoms with Gasteiger partial charge in [-0.15, -0.1) is 0 Å². The molecule has 1 heterocycles. The van der Waals surface area contributed by atoms with E-state index in [0.717, 1.165) is 20.3 Å². The highest BCUT2D eigenvalue weighted by Crippen LogP contribution is 2.29. The molecule has 0 aliphatic heterocycles. The zero-order valence-corrected chi connectivity index (χ0v) is 14.4. The first-order valence-corrected chi connectivity index (χ1v) is 7.87. The van der Waals surface area contributed by atoms with Crippen molar-refractivity contribution in [1.82, 2.24) is 9.78 Å². The minimum absolute atomic E-state index is 0.285. The molecule has 0 aliphatic carbocycles. The van der Waals surface area contributed by atoms with Crippen LogP contribution in [0.15, 0.2) is 27.1 Å². The fraction of sp³-hybridized carbons (Fsp3) is 0.357. The molecule has 1 aromatic heterocycles. The van der Waals surface area contributed by atoms with Crippen molar-refractivity contribution in [1.29, 1.82) is 0 Å². The summed E-state index contributed by atoms with van der Waals surface area (Å²) >= 11 is 6.77. The Morgan fingerprint density at radius 1 is 1.40 bits per heavy atom. The monoisotopic (exact) mass is 404 g/mol. The van der Waals surface area contributed by atoms with E-state index in [-0.39, 0.29) is 5.56 Å². The van der Waals surface area contributed by atoms with Crippen LogP contribution in [0.2, 0.25) is 0 Å². The third kappa shape index (κ3) is 3.13. The van der Waals surface area contributed by atoms with Crippen LogP contribution in [0.25, 0.3) is 0 Å². The van der Waals surface area contributed by atoms with Crippen molar-refractivity contribution in [3.8, 4) is 0 Å². The predicted molar refractivity (Wildman–Crippen MR) is 83.1 cm³/mol. The first kappa shape index (κ1) is 15.7. The molecule has 0 aliphatic rings. The quantitative estimate of drug-likeness (QED) is 0.829. The molecule has 0 bridgehead atoms. The van der Waals surface area contributed by atoms with Crippen LogP contribution < -0.4 is 0 Å². The lowest BCUT2D eigenvalue weighted by molar-refractivity contribution is 0.170. The van der Waals surface area contributed by atoms with Crippen molar-refractivity contribution in [2.75, 3.05) is 0 Å². The Morgan fingerprint density at radius 3 is 2.75 bits per heavy atom. The summed E-state index contributed by atoms with van der Waals surface area (Å²) in [6.07, 6.45) is -0.604. The summed E-state index contributed by atoms with van der Waals surface area (Å²) in [5.74, 6) is -0.406. The van der Waals surface area contributed by atoms with Gasteiger partial charge in [-0.05, 0) is 48.0 Å². The first-order chi connectivity index (χ1) is 9.43. The summed E-state index contributed by atoms with van der Waals surface area (Å²) in [5, 5.41) is 14.7. The Morgan fingerprint density at radius 2 is 2.10 bits per heavy atom. The van der Waals surface area contributed by atoms with Gasteiger partial charge < -0.3 is 5.11 Å². The number of aromatic nitrogens is 2. The fourth-order valence-electron chi connectivity index (χ4n) is 2.13. The molecule has 1 N–H and O–H groups in total. The fourth-order valence-corrected chi connectivity index (χ4v) is 2.95. The molecule has 0 spiro atoms. The average molecular weight is 406 g/mol. The average Bonchev–Trinajstić information content (AvgIpc) is 2.69. The molecule has 0 fully saturated rings. The molecule has 2 rings (SSSR count). The molecule has 1 unspecified atom stereocenters. The van der Waals surface area contributed by atoms with Crippen LogP contribution in [0.4, 0.5) is 4.39 Å². The highest BCUT2D eigenvalue weighted by molar-refractivity contribution is 9.10. The van der Waals surface area contributed by atoms with E-state index in [1.165, 1.54) is 6.07 Å². The normalized spacial score (nSPS) is 12.7. The Hall–Kier alpha value is -0.720. The minimum atomic E-state index is -0.912. The lowest BCUT2D eigenvalue weighted by Gasteiger charge is -2.14. The Kier molecular flexibility index (Phi) is 4.99. The summed E-state index contributed by atoms with van der Waals surface area (Å²) in [4.78, 5) is 0. The molecule has 0 saturated heterocycles. The highest BCUT2D eigenvalue weighted by atomic mass is 79.9. The van der Waals surface area contributed by atoms with Crippen LogP contribution in [-0.4, -0.2) is 14.9 Å². The van der Waals surface area contributed by atoms with Gasteiger partial charge in [0.2, 0.25) is 0 Å². The third-order valence-corrected chi connectivity index (χ3v) is 4.68. The van der Waals surface area contributed by atoms with Crippen molar-refractivity contribution in [2.45, 2.75) is 32.9 Å². The maximum atomic E-state index is 13.8. The van der Waals surface area contributed by atoms with Gasteiger partial charge >= 0.3 is 0 Å². The second-order valence-electron chi connectivity index (χ2n) is 4.55. The maximum Gasteiger partial charge on any atom is 0.129 e. The summed E-state index contributed by atoms with van der Waals surface area (Å²) < 4.78 is 17.2. The lowest BCUT2D eigenvalue weighted by Crippen LogP contribution is -2.10. The SMILES string of the molecule is CCn1nc(C)c(Br)c1CC(O)c1cc(Br)ccc1F. The molecule has 0 amide bonds. The second kappa shape index (κ2) is 6.37. The van der Waals surface area contributed by atoms with Crippen molar-refractivity contribution >= 4 is 31.9 Å².